The van der Waals surface area contributed by atoms with Crippen LogP contribution in [0.3, 0.4) is 0 Å². The highest BCUT2D eigenvalue weighted by molar-refractivity contribution is 7.11. The highest BCUT2D eigenvalue weighted by atomic mass is 32.1. The number of hydrogen-bond acceptors (Lipinski definition) is 4. The molecule has 2 aliphatic rings. The van der Waals surface area contributed by atoms with Gasteiger partial charge < -0.3 is 9.84 Å². The molecule has 1 saturated carbocycles. The third-order valence-corrected chi connectivity index (χ3v) is 8.83. The van der Waals surface area contributed by atoms with Crippen LogP contribution in [0.5, 0.6) is 5.75 Å². The van der Waals surface area contributed by atoms with Crippen molar-refractivity contribution in [3.63, 3.8) is 0 Å². The van der Waals surface area contributed by atoms with Gasteiger partial charge in [-0.25, -0.2) is 4.98 Å². The van der Waals surface area contributed by atoms with Crippen molar-refractivity contribution in [2.45, 2.75) is 82.8 Å². The van der Waals surface area contributed by atoms with E-state index >= 15 is 0 Å². The average molecular weight is 462 g/mol. The lowest BCUT2D eigenvalue weighted by Gasteiger charge is -2.53. The van der Waals surface area contributed by atoms with E-state index in [1.807, 2.05) is 13.1 Å². The SMILES string of the molecule is CCC[C@@]1(O)CC[C@@]2(Cc3ccccc3)c3ccc(OCc4cnc(C)s4)cc3CC[C@@H]2C1. The lowest BCUT2D eigenvalue weighted by molar-refractivity contribution is -0.0565. The molecule has 5 rings (SSSR count). The summed E-state index contributed by atoms with van der Waals surface area (Å²) < 4.78 is 6.15. The molecule has 3 atom stereocenters. The van der Waals surface area contributed by atoms with Gasteiger partial charge in [-0.2, -0.15) is 0 Å². The van der Waals surface area contributed by atoms with Gasteiger partial charge in [-0.3, -0.25) is 0 Å². The summed E-state index contributed by atoms with van der Waals surface area (Å²) in [6, 6.07) is 17.7. The summed E-state index contributed by atoms with van der Waals surface area (Å²) in [7, 11) is 0. The van der Waals surface area contributed by atoms with Crippen molar-refractivity contribution in [1.29, 1.82) is 0 Å². The number of rotatable bonds is 7. The van der Waals surface area contributed by atoms with Gasteiger partial charge in [0, 0.05) is 11.6 Å². The summed E-state index contributed by atoms with van der Waals surface area (Å²) in [5.74, 6) is 1.47. The van der Waals surface area contributed by atoms with E-state index in [4.69, 9.17) is 4.74 Å². The summed E-state index contributed by atoms with van der Waals surface area (Å²) in [4.78, 5) is 5.50. The quantitative estimate of drug-likeness (QED) is 0.421. The number of ether oxygens (including phenoxy) is 1. The van der Waals surface area contributed by atoms with Crippen molar-refractivity contribution in [1.82, 2.24) is 4.98 Å². The Bertz CT molecular complexity index is 1090. The van der Waals surface area contributed by atoms with Crippen LogP contribution in [0.1, 0.15) is 72.0 Å². The van der Waals surface area contributed by atoms with E-state index < -0.39 is 5.60 Å². The lowest BCUT2D eigenvalue weighted by Crippen LogP contribution is -2.51. The van der Waals surface area contributed by atoms with Gasteiger partial charge >= 0.3 is 0 Å². The predicted octanol–water partition coefficient (Wildman–Crippen LogP) is 6.79. The maximum Gasteiger partial charge on any atom is 0.124 e. The Balaban J connectivity index is 1.45. The molecular weight excluding hydrogens is 426 g/mol. The monoisotopic (exact) mass is 461 g/mol. The van der Waals surface area contributed by atoms with E-state index in [9.17, 15) is 5.11 Å². The normalized spacial score (nSPS) is 26.5. The molecule has 1 fully saturated rings. The molecule has 2 aromatic carbocycles. The third-order valence-electron chi connectivity index (χ3n) is 7.95. The van der Waals surface area contributed by atoms with Gasteiger partial charge in [0.25, 0.3) is 0 Å². The first-order valence-corrected chi connectivity index (χ1v) is 13.3. The molecular formula is C29H35NO2S. The highest BCUT2D eigenvalue weighted by Gasteiger charge is 2.51. The number of benzene rings is 2. The van der Waals surface area contributed by atoms with Crippen LogP contribution in [0.2, 0.25) is 0 Å². The average Bonchev–Trinajstić information content (AvgIpc) is 3.24. The molecule has 0 radical (unpaired) electrons. The maximum atomic E-state index is 11.3. The molecule has 4 heteroatoms. The minimum Gasteiger partial charge on any atom is -0.488 e. The molecule has 1 heterocycles. The van der Waals surface area contributed by atoms with Gasteiger partial charge in [0.05, 0.1) is 15.5 Å². The van der Waals surface area contributed by atoms with Crippen molar-refractivity contribution in [2.75, 3.05) is 0 Å². The fourth-order valence-electron chi connectivity index (χ4n) is 6.44. The second kappa shape index (κ2) is 9.23. The number of nitrogens with zero attached hydrogens (tertiary/aromatic N) is 1. The summed E-state index contributed by atoms with van der Waals surface area (Å²) in [6.07, 6.45) is 10.0. The first-order chi connectivity index (χ1) is 16.0. The number of aryl methyl sites for hydroxylation is 2. The zero-order valence-electron chi connectivity index (χ0n) is 19.8. The maximum absolute atomic E-state index is 11.3. The van der Waals surface area contributed by atoms with E-state index in [2.05, 4.69) is 60.4 Å². The topological polar surface area (TPSA) is 42.4 Å². The van der Waals surface area contributed by atoms with E-state index in [1.54, 1.807) is 11.3 Å². The molecule has 0 saturated heterocycles. The molecule has 1 aromatic heterocycles. The number of hydrogen-bond donors (Lipinski definition) is 1. The zero-order valence-corrected chi connectivity index (χ0v) is 20.7. The summed E-state index contributed by atoms with van der Waals surface area (Å²) in [6.45, 7) is 4.79. The van der Waals surface area contributed by atoms with Crippen molar-refractivity contribution in [3.05, 3.63) is 81.3 Å². The number of thiazole rings is 1. The highest BCUT2D eigenvalue weighted by Crippen LogP contribution is 2.55. The van der Waals surface area contributed by atoms with Crippen LogP contribution in [0.15, 0.2) is 54.7 Å². The fraction of sp³-hybridized carbons (Fsp3) is 0.483. The van der Waals surface area contributed by atoms with Crippen LogP contribution < -0.4 is 4.74 Å². The first-order valence-electron chi connectivity index (χ1n) is 12.4. The Hall–Kier alpha value is -2.17. The first kappa shape index (κ1) is 22.6. The molecule has 0 amide bonds. The van der Waals surface area contributed by atoms with Crippen molar-refractivity contribution in [2.24, 2.45) is 5.92 Å². The molecule has 3 aromatic rings. The Morgan fingerprint density at radius 1 is 1.15 bits per heavy atom. The lowest BCUT2D eigenvalue weighted by atomic mass is 9.52. The van der Waals surface area contributed by atoms with E-state index in [1.165, 1.54) is 16.7 Å². The standard InChI is InChI=1S/C29H35NO2S/c1-3-13-28(31)14-15-29(17-22-7-5-4-6-8-22)24(18-28)10-9-23-16-25(11-12-27(23)29)32-20-26-19-30-21(2)33-26/h4-8,11-12,16,19,24,31H,3,9-10,13-15,17-18,20H2,1-2H3/t24-,28-,29+/m1/s1. The van der Waals surface area contributed by atoms with E-state index in [0.717, 1.165) is 67.0 Å². The minimum absolute atomic E-state index is 0.0994. The van der Waals surface area contributed by atoms with Gasteiger partial charge in [0.2, 0.25) is 0 Å². The Labute approximate surface area is 201 Å². The van der Waals surface area contributed by atoms with Crippen LogP contribution in [0, 0.1) is 12.8 Å². The van der Waals surface area contributed by atoms with Crippen LogP contribution in [0.4, 0.5) is 0 Å². The van der Waals surface area contributed by atoms with Gasteiger partial charge in [-0.15, -0.1) is 11.3 Å². The molecule has 0 spiro atoms. The Kier molecular flexibility index (Phi) is 6.32. The second-order valence-electron chi connectivity index (χ2n) is 10.2. The molecule has 0 unspecified atom stereocenters. The summed E-state index contributed by atoms with van der Waals surface area (Å²) in [5, 5.41) is 12.4. The van der Waals surface area contributed by atoms with Gasteiger partial charge in [0.1, 0.15) is 12.4 Å². The summed E-state index contributed by atoms with van der Waals surface area (Å²) in [5.41, 5.74) is 3.93. The Morgan fingerprint density at radius 3 is 2.76 bits per heavy atom. The van der Waals surface area contributed by atoms with Gasteiger partial charge in [-0.1, -0.05) is 49.7 Å². The van der Waals surface area contributed by atoms with Crippen molar-refractivity contribution < 1.29 is 9.84 Å². The van der Waals surface area contributed by atoms with Crippen LogP contribution in [-0.2, 0) is 24.9 Å². The van der Waals surface area contributed by atoms with Crippen LogP contribution >= 0.6 is 11.3 Å². The molecule has 33 heavy (non-hydrogen) atoms. The smallest absolute Gasteiger partial charge is 0.124 e. The minimum atomic E-state index is -0.493. The largest absolute Gasteiger partial charge is 0.488 e. The zero-order chi connectivity index (χ0) is 22.9. The predicted molar refractivity (Wildman–Crippen MR) is 135 cm³/mol. The molecule has 174 valence electrons. The molecule has 2 aliphatic carbocycles. The number of aromatic nitrogens is 1. The Morgan fingerprint density at radius 2 is 2.00 bits per heavy atom. The van der Waals surface area contributed by atoms with Crippen molar-refractivity contribution >= 4 is 11.3 Å². The van der Waals surface area contributed by atoms with Crippen LogP contribution in [-0.4, -0.2) is 15.7 Å². The fourth-order valence-corrected chi connectivity index (χ4v) is 7.15. The van der Waals surface area contributed by atoms with Crippen LogP contribution in [0.25, 0.3) is 0 Å². The second-order valence-corrected chi connectivity index (χ2v) is 11.5. The molecule has 0 bridgehead atoms. The van der Waals surface area contributed by atoms with Gasteiger partial charge in [0.15, 0.2) is 0 Å². The summed E-state index contributed by atoms with van der Waals surface area (Å²) >= 11 is 1.70. The number of aliphatic hydroxyl groups is 1. The van der Waals surface area contributed by atoms with Crippen molar-refractivity contribution in [3.8, 4) is 5.75 Å². The molecule has 0 aliphatic heterocycles. The van der Waals surface area contributed by atoms with E-state index in [-0.39, 0.29) is 5.41 Å². The van der Waals surface area contributed by atoms with E-state index in [0.29, 0.717) is 12.5 Å². The van der Waals surface area contributed by atoms with Gasteiger partial charge in [-0.05, 0) is 86.6 Å². The number of fused-ring (bicyclic) bond motifs is 3. The molecule has 3 nitrogen and oxygen atoms in total. The third kappa shape index (κ3) is 4.61. The molecule has 1 N–H and O–H groups in total.